The van der Waals surface area contributed by atoms with Gasteiger partial charge < -0.3 is 11.1 Å². The van der Waals surface area contributed by atoms with Gasteiger partial charge in [-0.25, -0.2) is 4.98 Å². The number of aromatic nitrogens is 5. The lowest BCUT2D eigenvalue weighted by atomic mass is 9.81. The third-order valence-electron chi connectivity index (χ3n) is 7.31. The largest absolute Gasteiger partial charge is 0.383 e. The van der Waals surface area contributed by atoms with Crippen molar-refractivity contribution in [2.24, 2.45) is 0 Å². The van der Waals surface area contributed by atoms with Gasteiger partial charge in [0.1, 0.15) is 5.82 Å². The number of nitrogens with zero attached hydrogens (tertiary/aromatic N) is 5. The fourth-order valence-corrected chi connectivity index (χ4v) is 4.99. The number of halogens is 1. The average Bonchev–Trinajstić information content (AvgIpc) is 3.48. The predicted octanol–water partition coefficient (Wildman–Crippen LogP) is 5.23. The highest BCUT2D eigenvalue weighted by molar-refractivity contribution is 5.95. The van der Waals surface area contributed by atoms with Crippen LogP contribution in [0.5, 0.6) is 0 Å². The Kier molecular flexibility index (Phi) is 7.65. The number of benzene rings is 2. The van der Waals surface area contributed by atoms with E-state index >= 15 is 0 Å². The van der Waals surface area contributed by atoms with Gasteiger partial charge in [0.05, 0.1) is 30.5 Å². The van der Waals surface area contributed by atoms with Crippen LogP contribution in [0.3, 0.4) is 0 Å². The number of carbonyl (C=O) groups excluding carboxylic acids is 1. The van der Waals surface area contributed by atoms with Crippen LogP contribution in [-0.2, 0) is 19.6 Å². The molecular weight excluding hydrogens is 510 g/mol. The third-order valence-corrected chi connectivity index (χ3v) is 7.31. The van der Waals surface area contributed by atoms with Gasteiger partial charge in [-0.1, -0.05) is 42.8 Å². The number of nitrogens with two attached hydrogens (primary N) is 1. The second kappa shape index (κ2) is 11.3. The second-order valence-corrected chi connectivity index (χ2v) is 10.2. The maximum absolute atomic E-state index is 13.3. The van der Waals surface area contributed by atoms with Crippen molar-refractivity contribution in [2.75, 3.05) is 5.73 Å². The van der Waals surface area contributed by atoms with Crippen LogP contribution >= 0.6 is 12.4 Å². The summed E-state index contributed by atoms with van der Waals surface area (Å²) in [6.45, 7) is 3.84. The number of hydrogen-bond acceptors (Lipinski definition) is 5. The molecule has 3 N–H and O–H groups in total. The highest BCUT2D eigenvalue weighted by atomic mass is 35.5. The monoisotopic (exact) mass is 541 g/mol. The fraction of sp³-hybridized carbons (Fsp3) is 0.267. The molecule has 0 atom stereocenters. The van der Waals surface area contributed by atoms with Gasteiger partial charge in [-0.05, 0) is 59.5 Å². The quantitative estimate of drug-likeness (QED) is 0.280. The molecule has 1 amide bonds. The highest BCUT2D eigenvalue weighted by Gasteiger charge is 2.28. The minimum Gasteiger partial charge on any atom is -0.383 e. The van der Waals surface area contributed by atoms with Gasteiger partial charge in [-0.2, -0.15) is 10.2 Å². The van der Waals surface area contributed by atoms with Crippen LogP contribution in [-0.4, -0.2) is 30.5 Å². The van der Waals surface area contributed by atoms with Gasteiger partial charge >= 0.3 is 0 Å². The van der Waals surface area contributed by atoms with Crippen molar-refractivity contribution in [1.82, 2.24) is 29.9 Å². The van der Waals surface area contributed by atoms with Crippen LogP contribution in [0.2, 0.25) is 0 Å². The molecule has 6 rings (SSSR count). The number of carbonyl (C=O) groups is 1. The summed E-state index contributed by atoms with van der Waals surface area (Å²) in [5, 5.41) is 14.3. The number of pyridine rings is 1. The second-order valence-electron chi connectivity index (χ2n) is 10.2. The molecule has 1 fully saturated rings. The van der Waals surface area contributed by atoms with Crippen molar-refractivity contribution in [3.05, 3.63) is 107 Å². The number of hydrogen-bond donors (Lipinski definition) is 2. The number of fused-ring (bicyclic) bond motifs is 1. The van der Waals surface area contributed by atoms with E-state index in [4.69, 9.17) is 10.8 Å². The smallest absolute Gasteiger partial charge is 0.255 e. The molecular formula is C30H32ClN7O. The van der Waals surface area contributed by atoms with Crippen LogP contribution < -0.4 is 11.1 Å². The van der Waals surface area contributed by atoms with E-state index in [0.717, 1.165) is 52.5 Å². The van der Waals surface area contributed by atoms with Crippen LogP contribution in [0.1, 0.15) is 63.5 Å². The molecule has 0 unspecified atom stereocenters. The number of nitrogen functional groups attached to an aromatic ring is 1. The van der Waals surface area contributed by atoms with Crippen molar-refractivity contribution in [2.45, 2.75) is 51.7 Å². The zero-order chi connectivity index (χ0) is 26.1. The summed E-state index contributed by atoms with van der Waals surface area (Å²) in [6.07, 6.45) is 10.9. The van der Waals surface area contributed by atoms with Crippen molar-refractivity contribution in [3.63, 3.8) is 0 Å². The lowest BCUT2D eigenvalue weighted by Gasteiger charge is -2.24. The number of aryl methyl sites for hydroxylation is 1. The van der Waals surface area contributed by atoms with E-state index in [9.17, 15) is 4.79 Å². The molecule has 200 valence electrons. The van der Waals surface area contributed by atoms with E-state index < -0.39 is 0 Å². The number of anilines is 1. The molecule has 0 bridgehead atoms. The normalized spacial score (nSPS) is 13.2. The van der Waals surface area contributed by atoms with E-state index in [-0.39, 0.29) is 18.3 Å². The molecule has 0 radical (unpaired) electrons. The summed E-state index contributed by atoms with van der Waals surface area (Å²) in [6, 6.07) is 16.4. The number of rotatable bonds is 8. The van der Waals surface area contributed by atoms with Crippen LogP contribution in [0, 0.1) is 6.92 Å². The lowest BCUT2D eigenvalue weighted by molar-refractivity contribution is 0.0948. The van der Waals surface area contributed by atoms with Gasteiger partial charge in [0.25, 0.3) is 5.91 Å². The molecule has 0 saturated heterocycles. The first-order chi connectivity index (χ1) is 18.5. The maximum Gasteiger partial charge on any atom is 0.255 e. The molecule has 9 heteroatoms. The average molecular weight is 542 g/mol. The summed E-state index contributed by atoms with van der Waals surface area (Å²) in [4.78, 5) is 17.4. The Morgan fingerprint density at radius 2 is 1.72 bits per heavy atom. The molecule has 3 aromatic heterocycles. The Morgan fingerprint density at radius 1 is 1.00 bits per heavy atom. The number of amides is 1. The lowest BCUT2D eigenvalue weighted by Crippen LogP contribution is -2.25. The minimum atomic E-state index is -0.0858. The van der Waals surface area contributed by atoms with E-state index in [1.165, 1.54) is 12.0 Å². The molecule has 2 aromatic carbocycles. The zero-order valence-corrected chi connectivity index (χ0v) is 22.7. The Labute approximate surface area is 233 Å². The molecule has 8 nitrogen and oxygen atoms in total. The van der Waals surface area contributed by atoms with Gasteiger partial charge in [-0.15, -0.1) is 12.4 Å². The Bertz CT molecular complexity index is 1600. The van der Waals surface area contributed by atoms with Crippen molar-refractivity contribution in [3.8, 4) is 0 Å². The van der Waals surface area contributed by atoms with Crippen LogP contribution in [0.4, 0.5) is 5.82 Å². The van der Waals surface area contributed by atoms with E-state index in [1.807, 2.05) is 59.1 Å². The molecule has 0 aliphatic heterocycles. The molecule has 0 spiro atoms. The molecule has 3 heterocycles. The molecule has 1 aliphatic carbocycles. The molecule has 5 aromatic rings. The van der Waals surface area contributed by atoms with Crippen molar-refractivity contribution >= 4 is 34.9 Å². The van der Waals surface area contributed by atoms with Gasteiger partial charge in [-0.3, -0.25) is 14.2 Å². The van der Waals surface area contributed by atoms with Crippen LogP contribution in [0.25, 0.3) is 10.8 Å². The molecule has 39 heavy (non-hydrogen) atoms. The summed E-state index contributed by atoms with van der Waals surface area (Å²) >= 11 is 0. The summed E-state index contributed by atoms with van der Waals surface area (Å²) in [7, 11) is 0. The van der Waals surface area contributed by atoms with E-state index in [1.54, 1.807) is 6.20 Å². The Balaban J connectivity index is 0.00000308. The Morgan fingerprint density at radius 3 is 2.38 bits per heavy atom. The third kappa shape index (κ3) is 5.81. The van der Waals surface area contributed by atoms with Crippen molar-refractivity contribution < 1.29 is 4.79 Å². The van der Waals surface area contributed by atoms with Gasteiger partial charge in [0, 0.05) is 36.4 Å². The van der Waals surface area contributed by atoms with Crippen molar-refractivity contribution in [1.29, 1.82) is 0 Å². The van der Waals surface area contributed by atoms with Gasteiger partial charge in [0.15, 0.2) is 0 Å². The topological polar surface area (TPSA) is 104 Å². The first kappa shape index (κ1) is 26.4. The highest BCUT2D eigenvalue weighted by Crippen LogP contribution is 2.37. The summed E-state index contributed by atoms with van der Waals surface area (Å²) in [5.41, 5.74) is 12.1. The predicted molar refractivity (Wildman–Crippen MR) is 155 cm³/mol. The SMILES string of the molecule is Cc1cnn(Cc2ccc(Cn3cc(C(=O)NCc4ccc5c(N)nccc5c4)c(C4CCC4)n3)cc2)c1.Cl. The maximum atomic E-state index is 13.3. The zero-order valence-electron chi connectivity index (χ0n) is 21.9. The van der Waals surface area contributed by atoms with E-state index in [0.29, 0.717) is 30.4 Å². The first-order valence-electron chi connectivity index (χ1n) is 13.1. The van der Waals surface area contributed by atoms with E-state index in [2.05, 4.69) is 39.7 Å². The molecule has 1 saturated carbocycles. The summed E-state index contributed by atoms with van der Waals surface area (Å²) in [5.74, 6) is 0.781. The Hall–Kier alpha value is -4.17. The fourth-order valence-electron chi connectivity index (χ4n) is 4.99. The first-order valence-corrected chi connectivity index (χ1v) is 13.1. The number of nitrogens with one attached hydrogen (secondary N) is 1. The standard InChI is InChI=1S/C30H31N7O.ClH/c1-20-14-34-36(16-20)17-21-5-7-22(8-6-21)18-37-19-27(28(35-37)24-3-2-4-24)30(38)33-15-23-9-10-26-25(13-23)11-12-32-29(26)31;/h5-14,16,19,24H,2-4,15,17-18H2,1H3,(H2,31,32)(H,33,38);1H. The summed E-state index contributed by atoms with van der Waals surface area (Å²) < 4.78 is 3.85. The minimum absolute atomic E-state index is 0. The van der Waals surface area contributed by atoms with Crippen LogP contribution in [0.15, 0.2) is 73.3 Å². The molecule has 1 aliphatic rings. The van der Waals surface area contributed by atoms with Gasteiger partial charge in [0.2, 0.25) is 0 Å².